The van der Waals surface area contributed by atoms with Crippen LogP contribution in [0.2, 0.25) is 0 Å². The van der Waals surface area contributed by atoms with E-state index >= 15 is 0 Å². The summed E-state index contributed by atoms with van der Waals surface area (Å²) >= 11 is 0. The van der Waals surface area contributed by atoms with Crippen LogP contribution >= 0.6 is 0 Å². The molecule has 0 amide bonds. The summed E-state index contributed by atoms with van der Waals surface area (Å²) < 4.78 is 22.1. The van der Waals surface area contributed by atoms with Crippen molar-refractivity contribution >= 4 is 8.80 Å². The van der Waals surface area contributed by atoms with Crippen molar-refractivity contribution in [3.8, 4) is 0 Å². The largest absolute Gasteiger partial charge is 0.548 e. The minimum absolute atomic E-state index is 0.119. The third-order valence-corrected chi connectivity index (χ3v) is 6.58. The maximum atomic E-state index is 5.99. The van der Waals surface area contributed by atoms with E-state index in [1.165, 1.54) is 0 Å². The molecule has 0 radical (unpaired) electrons. The standard InChI is InChI=1S/C13H27N2O3Si/c1-6-13(15-11-10-14(5)12-15)19(16-7-2,17-8-3)18-9-4/h10-13H,6-9H2,1-5H3/q+1. The van der Waals surface area contributed by atoms with Crippen LogP contribution in [0.3, 0.4) is 0 Å². The molecule has 0 aromatic carbocycles. The first-order valence-corrected chi connectivity index (χ1v) is 8.88. The van der Waals surface area contributed by atoms with Crippen molar-refractivity contribution < 1.29 is 17.8 Å². The molecule has 5 nitrogen and oxygen atoms in total. The smallest absolute Gasteiger partial charge is 0.371 e. The number of imidazole rings is 1. The van der Waals surface area contributed by atoms with Gasteiger partial charge >= 0.3 is 8.80 Å². The summed E-state index contributed by atoms with van der Waals surface area (Å²) in [6.07, 6.45) is 7.03. The van der Waals surface area contributed by atoms with E-state index in [-0.39, 0.29) is 5.67 Å². The molecular formula is C13H27N2O3Si+. The van der Waals surface area contributed by atoms with Crippen molar-refractivity contribution in [2.24, 2.45) is 7.05 Å². The van der Waals surface area contributed by atoms with E-state index in [9.17, 15) is 0 Å². The van der Waals surface area contributed by atoms with Gasteiger partial charge in [0, 0.05) is 19.8 Å². The minimum Gasteiger partial charge on any atom is -0.371 e. The zero-order chi connectivity index (χ0) is 14.3. The predicted molar refractivity (Wildman–Crippen MR) is 75.6 cm³/mol. The summed E-state index contributed by atoms with van der Waals surface area (Å²) in [7, 11) is -0.694. The molecule has 0 aliphatic carbocycles. The van der Waals surface area contributed by atoms with Crippen LogP contribution in [0.1, 0.15) is 39.8 Å². The number of rotatable bonds is 9. The van der Waals surface area contributed by atoms with Gasteiger partial charge in [0.15, 0.2) is 5.67 Å². The van der Waals surface area contributed by atoms with Crippen LogP contribution in [0.15, 0.2) is 18.7 Å². The Morgan fingerprint density at radius 3 is 1.89 bits per heavy atom. The first-order valence-electron chi connectivity index (χ1n) is 7.08. The monoisotopic (exact) mass is 287 g/mol. The van der Waals surface area contributed by atoms with E-state index < -0.39 is 8.80 Å². The summed E-state index contributed by atoms with van der Waals surface area (Å²) in [5.41, 5.74) is 0.119. The number of hydrogen-bond donors (Lipinski definition) is 0. The molecule has 1 atom stereocenters. The SMILES string of the molecule is CCO[Si](OCC)(OCC)C(CC)n1cc[n+](C)c1. The molecule has 1 aromatic heterocycles. The molecule has 1 aromatic rings. The molecule has 1 rings (SSSR count). The zero-order valence-electron chi connectivity index (χ0n) is 12.8. The van der Waals surface area contributed by atoms with Gasteiger partial charge in [-0.05, 0) is 27.2 Å². The molecule has 0 N–H and O–H groups in total. The summed E-state index contributed by atoms with van der Waals surface area (Å²) in [5, 5.41) is 0. The first kappa shape index (κ1) is 16.4. The van der Waals surface area contributed by atoms with E-state index in [4.69, 9.17) is 13.3 Å². The molecule has 110 valence electrons. The summed E-state index contributed by atoms with van der Waals surface area (Å²) in [6.45, 7) is 9.93. The number of aryl methyl sites for hydroxylation is 1. The third-order valence-electron chi connectivity index (χ3n) is 2.98. The molecule has 0 aliphatic heterocycles. The van der Waals surface area contributed by atoms with Crippen LogP contribution in [0, 0.1) is 0 Å². The fourth-order valence-corrected chi connectivity index (χ4v) is 5.37. The summed E-state index contributed by atoms with van der Waals surface area (Å²) in [4.78, 5) is 0. The topological polar surface area (TPSA) is 36.5 Å². The Morgan fingerprint density at radius 1 is 1.05 bits per heavy atom. The lowest BCUT2D eigenvalue weighted by Crippen LogP contribution is -2.53. The van der Waals surface area contributed by atoms with Crippen LogP contribution in [-0.2, 0) is 20.3 Å². The normalized spacial score (nSPS) is 13.7. The fraction of sp³-hybridized carbons (Fsp3) is 0.769. The molecule has 0 fully saturated rings. The van der Waals surface area contributed by atoms with Gasteiger partial charge in [-0.2, -0.15) is 0 Å². The molecule has 19 heavy (non-hydrogen) atoms. The number of hydrogen-bond acceptors (Lipinski definition) is 3. The van der Waals surface area contributed by atoms with Gasteiger partial charge in [0.2, 0.25) is 6.33 Å². The van der Waals surface area contributed by atoms with E-state index in [1.807, 2.05) is 51.1 Å². The maximum absolute atomic E-state index is 5.99. The Hall–Kier alpha value is -0.693. The summed E-state index contributed by atoms with van der Waals surface area (Å²) in [5.74, 6) is 0. The second-order valence-electron chi connectivity index (χ2n) is 4.35. The second-order valence-corrected chi connectivity index (χ2v) is 7.09. The minimum atomic E-state index is -2.70. The highest BCUT2D eigenvalue weighted by molar-refractivity contribution is 6.61. The lowest BCUT2D eigenvalue weighted by Gasteiger charge is -2.32. The first-order chi connectivity index (χ1) is 9.13. The second kappa shape index (κ2) is 7.79. The van der Waals surface area contributed by atoms with Crippen LogP contribution in [0.4, 0.5) is 0 Å². The van der Waals surface area contributed by atoms with Crippen LogP contribution in [-0.4, -0.2) is 33.2 Å². The molecule has 0 saturated carbocycles. The molecule has 0 aliphatic rings. The third kappa shape index (κ3) is 3.89. The molecule has 0 bridgehead atoms. The quantitative estimate of drug-likeness (QED) is 0.514. The zero-order valence-corrected chi connectivity index (χ0v) is 13.8. The van der Waals surface area contributed by atoms with Crippen molar-refractivity contribution in [1.29, 1.82) is 0 Å². The number of nitrogens with zero attached hydrogens (tertiary/aromatic N) is 2. The lowest BCUT2D eigenvalue weighted by atomic mass is 10.5. The van der Waals surface area contributed by atoms with Crippen molar-refractivity contribution in [2.75, 3.05) is 19.8 Å². The van der Waals surface area contributed by atoms with Gasteiger partial charge in [-0.15, -0.1) is 0 Å². The molecule has 1 unspecified atom stereocenters. The number of aromatic nitrogens is 2. The van der Waals surface area contributed by atoms with Crippen molar-refractivity contribution in [3.05, 3.63) is 18.7 Å². The molecule has 0 saturated heterocycles. The van der Waals surface area contributed by atoms with Gasteiger partial charge in [0.05, 0.1) is 7.05 Å². The predicted octanol–water partition coefficient (Wildman–Crippen LogP) is 1.85. The Morgan fingerprint density at radius 2 is 1.58 bits per heavy atom. The van der Waals surface area contributed by atoms with Gasteiger partial charge in [-0.3, -0.25) is 0 Å². The average Bonchev–Trinajstić information content (AvgIpc) is 2.77. The summed E-state index contributed by atoms with van der Waals surface area (Å²) in [6, 6.07) is 0. The Labute approximate surface area is 117 Å². The Kier molecular flexibility index (Phi) is 6.71. The van der Waals surface area contributed by atoms with Gasteiger partial charge in [-0.1, -0.05) is 6.92 Å². The van der Waals surface area contributed by atoms with E-state index in [0.717, 1.165) is 6.42 Å². The van der Waals surface area contributed by atoms with Crippen LogP contribution < -0.4 is 4.57 Å². The molecular weight excluding hydrogens is 260 g/mol. The van der Waals surface area contributed by atoms with Crippen LogP contribution in [0.25, 0.3) is 0 Å². The Balaban J connectivity index is 3.09. The van der Waals surface area contributed by atoms with Gasteiger partial charge in [0.1, 0.15) is 12.4 Å². The lowest BCUT2D eigenvalue weighted by molar-refractivity contribution is -0.671. The average molecular weight is 287 g/mol. The van der Waals surface area contributed by atoms with Crippen molar-refractivity contribution in [3.63, 3.8) is 0 Å². The van der Waals surface area contributed by atoms with E-state index in [2.05, 4.69) is 11.5 Å². The van der Waals surface area contributed by atoms with E-state index in [1.54, 1.807) is 0 Å². The highest BCUT2D eigenvalue weighted by Gasteiger charge is 2.52. The van der Waals surface area contributed by atoms with Crippen molar-refractivity contribution in [1.82, 2.24) is 4.57 Å². The van der Waals surface area contributed by atoms with Crippen molar-refractivity contribution in [2.45, 2.75) is 39.8 Å². The van der Waals surface area contributed by atoms with E-state index in [0.29, 0.717) is 19.8 Å². The Bertz CT molecular complexity index is 354. The fourth-order valence-electron chi connectivity index (χ4n) is 2.31. The van der Waals surface area contributed by atoms with Gasteiger partial charge in [-0.25, -0.2) is 9.13 Å². The highest BCUT2D eigenvalue weighted by Crippen LogP contribution is 2.28. The highest BCUT2D eigenvalue weighted by atomic mass is 28.4. The molecule has 1 heterocycles. The maximum Gasteiger partial charge on any atom is 0.548 e. The van der Waals surface area contributed by atoms with Crippen LogP contribution in [0.5, 0.6) is 0 Å². The van der Waals surface area contributed by atoms with Gasteiger partial charge in [0.25, 0.3) is 0 Å². The molecule has 6 heteroatoms. The molecule has 0 spiro atoms. The van der Waals surface area contributed by atoms with Gasteiger partial charge < -0.3 is 13.3 Å².